The van der Waals surface area contributed by atoms with Gasteiger partial charge in [0.25, 0.3) is 5.91 Å². The molecule has 0 atom stereocenters. The van der Waals surface area contributed by atoms with Gasteiger partial charge in [0.1, 0.15) is 5.75 Å². The third-order valence-electron chi connectivity index (χ3n) is 3.90. The van der Waals surface area contributed by atoms with Crippen LogP contribution in [0.5, 0.6) is 5.75 Å². The zero-order valence-corrected chi connectivity index (χ0v) is 14.9. The average Bonchev–Trinajstić information content (AvgIpc) is 3.02. The van der Waals surface area contributed by atoms with Gasteiger partial charge in [0.2, 0.25) is 0 Å². The fourth-order valence-corrected chi connectivity index (χ4v) is 2.58. The van der Waals surface area contributed by atoms with Gasteiger partial charge < -0.3 is 10.1 Å². The molecule has 3 rings (SSSR count). The maximum atomic E-state index is 12.2. The number of nitrogens with zero attached hydrogens (tertiary/aromatic N) is 3. The predicted octanol–water partition coefficient (Wildman–Crippen LogP) is 3.58. The molecule has 0 aliphatic rings. The summed E-state index contributed by atoms with van der Waals surface area (Å²) in [7, 11) is 0. The minimum atomic E-state index is -4.76. The van der Waals surface area contributed by atoms with Gasteiger partial charge in [-0.3, -0.25) is 14.5 Å². The molecule has 3 aromatic rings. The van der Waals surface area contributed by atoms with E-state index in [-0.39, 0.29) is 11.3 Å². The number of rotatable bonds is 6. The largest absolute Gasteiger partial charge is 0.573 e. The molecular weight excluding hydrogens is 373 g/mol. The summed E-state index contributed by atoms with van der Waals surface area (Å²) in [6, 6.07) is 10.4. The van der Waals surface area contributed by atoms with E-state index in [0.29, 0.717) is 13.1 Å². The van der Waals surface area contributed by atoms with Gasteiger partial charge in [-0.05, 0) is 49.4 Å². The van der Waals surface area contributed by atoms with E-state index in [2.05, 4.69) is 20.1 Å². The number of carbonyl (C=O) groups excluding carboxylic acids is 1. The smallest absolute Gasteiger partial charge is 0.406 e. The maximum Gasteiger partial charge on any atom is 0.573 e. The second-order valence-electron chi connectivity index (χ2n) is 5.96. The molecule has 0 aliphatic heterocycles. The van der Waals surface area contributed by atoms with Crippen molar-refractivity contribution in [2.24, 2.45) is 0 Å². The molecule has 0 saturated carbocycles. The van der Waals surface area contributed by atoms with Crippen LogP contribution in [0.4, 0.5) is 13.2 Å². The molecule has 1 aromatic carbocycles. The number of aryl methyl sites for hydroxylation is 1. The summed E-state index contributed by atoms with van der Waals surface area (Å²) in [5, 5.41) is 7.21. The second-order valence-corrected chi connectivity index (χ2v) is 5.96. The van der Waals surface area contributed by atoms with E-state index in [1.54, 1.807) is 17.1 Å². The number of ether oxygens (including phenoxy) is 1. The first-order valence-electron chi connectivity index (χ1n) is 8.41. The van der Waals surface area contributed by atoms with Crippen LogP contribution in [0.3, 0.4) is 0 Å². The first-order valence-corrected chi connectivity index (χ1v) is 8.41. The fraction of sp³-hybridized carbons (Fsp3) is 0.211. The molecule has 0 bridgehead atoms. The van der Waals surface area contributed by atoms with Crippen LogP contribution < -0.4 is 10.1 Å². The zero-order chi connectivity index (χ0) is 20.1. The SMILES string of the molecule is Cc1cc(-c2cccnc2)nn1CCNC(=O)c1ccc(OC(F)(F)F)cc1. The molecule has 0 saturated heterocycles. The molecule has 9 heteroatoms. The van der Waals surface area contributed by atoms with Crippen molar-refractivity contribution in [3.63, 3.8) is 0 Å². The van der Waals surface area contributed by atoms with Crippen LogP contribution in [0.2, 0.25) is 0 Å². The van der Waals surface area contributed by atoms with Crippen LogP contribution in [0.1, 0.15) is 16.1 Å². The number of halogens is 3. The van der Waals surface area contributed by atoms with Crippen molar-refractivity contribution < 1.29 is 22.7 Å². The Morgan fingerprint density at radius 3 is 2.61 bits per heavy atom. The molecule has 0 unspecified atom stereocenters. The number of hydrogen-bond donors (Lipinski definition) is 1. The highest BCUT2D eigenvalue weighted by atomic mass is 19.4. The Morgan fingerprint density at radius 1 is 1.21 bits per heavy atom. The molecule has 2 aromatic heterocycles. The number of pyridine rings is 1. The van der Waals surface area contributed by atoms with E-state index >= 15 is 0 Å². The van der Waals surface area contributed by atoms with E-state index in [0.717, 1.165) is 29.1 Å². The van der Waals surface area contributed by atoms with Gasteiger partial charge in [-0.25, -0.2) is 0 Å². The molecular formula is C19H17F3N4O2. The van der Waals surface area contributed by atoms with Crippen molar-refractivity contribution in [3.05, 3.63) is 66.1 Å². The fourth-order valence-electron chi connectivity index (χ4n) is 2.58. The van der Waals surface area contributed by atoms with E-state index in [1.807, 2.05) is 25.1 Å². The zero-order valence-electron chi connectivity index (χ0n) is 14.9. The predicted molar refractivity (Wildman–Crippen MR) is 95.7 cm³/mol. The molecule has 0 aliphatic carbocycles. The van der Waals surface area contributed by atoms with Crippen molar-refractivity contribution in [1.29, 1.82) is 0 Å². The average molecular weight is 390 g/mol. The van der Waals surface area contributed by atoms with Crippen LogP contribution in [-0.2, 0) is 6.54 Å². The highest BCUT2D eigenvalue weighted by molar-refractivity contribution is 5.94. The molecule has 0 spiro atoms. The minimum absolute atomic E-state index is 0.239. The van der Waals surface area contributed by atoms with Crippen LogP contribution >= 0.6 is 0 Å². The van der Waals surface area contributed by atoms with E-state index in [9.17, 15) is 18.0 Å². The monoisotopic (exact) mass is 390 g/mol. The van der Waals surface area contributed by atoms with E-state index in [1.165, 1.54) is 12.1 Å². The number of amides is 1. The molecule has 0 radical (unpaired) electrons. The third kappa shape index (κ3) is 5.09. The summed E-state index contributed by atoms with van der Waals surface area (Å²) in [4.78, 5) is 16.2. The van der Waals surface area contributed by atoms with Crippen molar-refractivity contribution in [2.75, 3.05) is 6.54 Å². The van der Waals surface area contributed by atoms with Gasteiger partial charge in [0.05, 0.1) is 12.2 Å². The molecule has 1 N–H and O–H groups in total. The van der Waals surface area contributed by atoms with Gasteiger partial charge in [-0.2, -0.15) is 5.10 Å². The van der Waals surface area contributed by atoms with E-state index < -0.39 is 12.3 Å². The van der Waals surface area contributed by atoms with Crippen LogP contribution in [-0.4, -0.2) is 33.6 Å². The quantitative estimate of drug-likeness (QED) is 0.699. The summed E-state index contributed by atoms with van der Waals surface area (Å²) < 4.78 is 42.0. The summed E-state index contributed by atoms with van der Waals surface area (Å²) in [6.07, 6.45) is -1.36. The standard InChI is InChI=1S/C19H17F3N4O2/c1-13-11-17(15-3-2-8-23-12-15)25-26(13)10-9-24-18(27)14-4-6-16(7-5-14)28-19(20,21)22/h2-8,11-12H,9-10H2,1H3,(H,24,27). The third-order valence-corrected chi connectivity index (χ3v) is 3.90. The highest BCUT2D eigenvalue weighted by Crippen LogP contribution is 2.22. The lowest BCUT2D eigenvalue weighted by Crippen LogP contribution is -2.27. The molecule has 6 nitrogen and oxygen atoms in total. The molecule has 2 heterocycles. The number of carbonyl (C=O) groups is 1. The van der Waals surface area contributed by atoms with Crippen molar-refractivity contribution in [1.82, 2.24) is 20.1 Å². The Hall–Kier alpha value is -3.36. The van der Waals surface area contributed by atoms with Crippen molar-refractivity contribution in [3.8, 4) is 17.0 Å². The van der Waals surface area contributed by atoms with Gasteiger partial charge in [0, 0.05) is 35.8 Å². The minimum Gasteiger partial charge on any atom is -0.406 e. The lowest BCUT2D eigenvalue weighted by atomic mass is 10.2. The Kier molecular flexibility index (Phi) is 5.62. The van der Waals surface area contributed by atoms with Crippen LogP contribution in [0.15, 0.2) is 54.9 Å². The van der Waals surface area contributed by atoms with Crippen LogP contribution in [0.25, 0.3) is 11.3 Å². The van der Waals surface area contributed by atoms with Gasteiger partial charge in [0.15, 0.2) is 0 Å². The van der Waals surface area contributed by atoms with Gasteiger partial charge in [-0.1, -0.05) is 0 Å². The molecule has 28 heavy (non-hydrogen) atoms. The first kappa shape index (κ1) is 19.4. The van der Waals surface area contributed by atoms with Crippen molar-refractivity contribution in [2.45, 2.75) is 19.8 Å². The molecule has 0 fully saturated rings. The number of alkyl halides is 3. The number of nitrogens with one attached hydrogen (secondary N) is 1. The van der Waals surface area contributed by atoms with Gasteiger partial charge in [-0.15, -0.1) is 13.2 Å². The lowest BCUT2D eigenvalue weighted by Gasteiger charge is -2.10. The first-order chi connectivity index (χ1) is 13.3. The summed E-state index contributed by atoms with van der Waals surface area (Å²) in [6.45, 7) is 2.68. The maximum absolute atomic E-state index is 12.2. The van der Waals surface area contributed by atoms with Crippen molar-refractivity contribution >= 4 is 5.91 Å². The molecule has 1 amide bonds. The Bertz CT molecular complexity index is 938. The Labute approximate surface area is 159 Å². The number of hydrogen-bond acceptors (Lipinski definition) is 4. The second kappa shape index (κ2) is 8.12. The number of benzene rings is 1. The summed E-state index contributed by atoms with van der Waals surface area (Å²) >= 11 is 0. The van der Waals surface area contributed by atoms with Gasteiger partial charge >= 0.3 is 6.36 Å². The van der Waals surface area contributed by atoms with E-state index in [4.69, 9.17) is 0 Å². The highest BCUT2D eigenvalue weighted by Gasteiger charge is 2.31. The topological polar surface area (TPSA) is 69.0 Å². The lowest BCUT2D eigenvalue weighted by molar-refractivity contribution is -0.274. The Morgan fingerprint density at radius 2 is 1.96 bits per heavy atom. The normalized spacial score (nSPS) is 11.3. The van der Waals surface area contributed by atoms with Crippen LogP contribution in [0, 0.1) is 6.92 Å². The molecule has 146 valence electrons. The summed E-state index contributed by atoms with van der Waals surface area (Å²) in [5.41, 5.74) is 2.86. The Balaban J connectivity index is 1.55. The number of aromatic nitrogens is 3. The summed E-state index contributed by atoms with van der Waals surface area (Å²) in [5.74, 6) is -0.769.